The van der Waals surface area contributed by atoms with Crippen LogP contribution in [0, 0.1) is 0 Å². The number of piperidine rings is 1. The number of para-hydroxylation sites is 2. The molecule has 3 aromatic rings. The fourth-order valence-electron chi connectivity index (χ4n) is 3.72. The quantitative estimate of drug-likeness (QED) is 0.513. The van der Waals surface area contributed by atoms with Gasteiger partial charge in [-0.1, -0.05) is 23.9 Å². The van der Waals surface area contributed by atoms with E-state index >= 15 is 0 Å². The van der Waals surface area contributed by atoms with Crippen molar-refractivity contribution in [3.05, 3.63) is 42.5 Å². The third-order valence-electron chi connectivity index (χ3n) is 5.44. The largest absolute Gasteiger partial charge is 0.495 e. The van der Waals surface area contributed by atoms with Crippen LogP contribution in [0.5, 0.6) is 5.75 Å². The first-order chi connectivity index (χ1) is 15.4. The summed E-state index contributed by atoms with van der Waals surface area (Å²) in [5.41, 5.74) is 1.22. The van der Waals surface area contributed by atoms with Crippen molar-refractivity contribution >= 4 is 44.5 Å². The maximum absolute atomic E-state index is 12.9. The third kappa shape index (κ3) is 4.86. The Hall–Kier alpha value is -2.72. The predicted octanol–water partition coefficient (Wildman–Crippen LogP) is 4.13. The number of sulfonamides is 1. The van der Waals surface area contributed by atoms with Crippen LogP contribution in [0.4, 0.5) is 5.69 Å². The molecule has 0 bridgehead atoms. The first kappa shape index (κ1) is 22.5. The maximum atomic E-state index is 12.9. The lowest BCUT2D eigenvalue weighted by Crippen LogP contribution is -2.42. The zero-order valence-corrected chi connectivity index (χ0v) is 19.5. The average Bonchev–Trinajstić information content (AvgIpc) is 3.20. The van der Waals surface area contributed by atoms with E-state index in [0.29, 0.717) is 27.8 Å². The predicted molar refractivity (Wildman–Crippen MR) is 124 cm³/mol. The number of amides is 1. The topological polar surface area (TPSA) is 102 Å². The van der Waals surface area contributed by atoms with Gasteiger partial charge in [0.15, 0.2) is 5.58 Å². The van der Waals surface area contributed by atoms with Crippen LogP contribution in [0.25, 0.3) is 11.1 Å². The number of benzene rings is 2. The van der Waals surface area contributed by atoms with E-state index in [1.54, 1.807) is 30.3 Å². The van der Waals surface area contributed by atoms with Gasteiger partial charge in [-0.25, -0.2) is 13.4 Å². The Morgan fingerprint density at radius 3 is 2.88 bits per heavy atom. The summed E-state index contributed by atoms with van der Waals surface area (Å²) < 4.78 is 39.2. The first-order valence-corrected chi connectivity index (χ1v) is 12.8. The molecule has 10 heteroatoms. The molecule has 1 unspecified atom stereocenters. The minimum atomic E-state index is -3.85. The summed E-state index contributed by atoms with van der Waals surface area (Å²) in [5.74, 6) is 0.719. The zero-order chi connectivity index (χ0) is 22.7. The van der Waals surface area contributed by atoms with Crippen molar-refractivity contribution in [1.82, 2.24) is 9.88 Å². The number of nitrogens with one attached hydrogen (secondary N) is 1. The van der Waals surface area contributed by atoms with Crippen LogP contribution in [-0.4, -0.2) is 49.7 Å². The highest BCUT2D eigenvalue weighted by Crippen LogP contribution is 2.29. The number of ether oxygens (including phenoxy) is 1. The van der Waals surface area contributed by atoms with Gasteiger partial charge in [0.05, 0.1) is 23.4 Å². The molecule has 2 aromatic carbocycles. The minimum absolute atomic E-state index is 0.0546. The van der Waals surface area contributed by atoms with E-state index < -0.39 is 10.0 Å². The molecule has 1 aromatic heterocycles. The van der Waals surface area contributed by atoms with Gasteiger partial charge in [0.1, 0.15) is 11.3 Å². The lowest BCUT2D eigenvalue weighted by molar-refractivity contribution is -0.131. The molecule has 32 heavy (non-hydrogen) atoms. The summed E-state index contributed by atoms with van der Waals surface area (Å²) in [7, 11) is -2.38. The molecule has 1 aliphatic rings. The number of carbonyl (C=O) groups excluding carboxylic acids is 1. The Kier molecular flexibility index (Phi) is 6.61. The molecule has 1 saturated heterocycles. The molecule has 170 valence electrons. The second-order valence-electron chi connectivity index (χ2n) is 7.64. The van der Waals surface area contributed by atoms with E-state index in [1.165, 1.54) is 31.0 Å². The molecule has 0 spiro atoms. The van der Waals surface area contributed by atoms with E-state index in [9.17, 15) is 13.2 Å². The molecular formula is C22H25N3O5S2. The number of anilines is 1. The first-order valence-electron chi connectivity index (χ1n) is 10.4. The van der Waals surface area contributed by atoms with Gasteiger partial charge >= 0.3 is 0 Å². The van der Waals surface area contributed by atoms with Gasteiger partial charge in [0.25, 0.3) is 15.2 Å². The molecule has 8 nitrogen and oxygen atoms in total. The fourth-order valence-corrected chi connectivity index (χ4v) is 5.54. The number of fused-ring (bicyclic) bond motifs is 1. The molecule has 2 heterocycles. The van der Waals surface area contributed by atoms with Crippen LogP contribution in [0.3, 0.4) is 0 Å². The smallest absolute Gasteiger partial charge is 0.262 e. The second kappa shape index (κ2) is 9.41. The number of oxazole rings is 1. The van der Waals surface area contributed by atoms with Gasteiger partial charge in [-0.2, -0.15) is 0 Å². The number of methoxy groups -OCH3 is 1. The lowest BCUT2D eigenvalue weighted by atomic mass is 10.0. The number of likely N-dealkylation sites (tertiary alicyclic amines) is 1. The van der Waals surface area contributed by atoms with Crippen molar-refractivity contribution in [2.45, 2.75) is 42.3 Å². The number of rotatable bonds is 7. The summed E-state index contributed by atoms with van der Waals surface area (Å²) in [6.45, 7) is 2.86. The van der Waals surface area contributed by atoms with Crippen molar-refractivity contribution in [1.29, 1.82) is 0 Å². The molecule has 0 aliphatic carbocycles. The van der Waals surface area contributed by atoms with Crippen LogP contribution in [0.1, 0.15) is 26.2 Å². The normalized spacial score (nSPS) is 16.8. The van der Waals surface area contributed by atoms with E-state index in [1.807, 2.05) is 4.90 Å². The van der Waals surface area contributed by atoms with E-state index in [2.05, 4.69) is 16.6 Å². The van der Waals surface area contributed by atoms with E-state index in [4.69, 9.17) is 9.15 Å². The van der Waals surface area contributed by atoms with Gasteiger partial charge in [0, 0.05) is 12.6 Å². The molecule has 1 fully saturated rings. The molecule has 0 saturated carbocycles. The number of thioether (sulfide) groups is 1. The fraction of sp³-hybridized carbons (Fsp3) is 0.364. The Labute approximate surface area is 191 Å². The molecule has 0 radical (unpaired) electrons. The van der Waals surface area contributed by atoms with Gasteiger partial charge in [-0.15, -0.1) is 0 Å². The van der Waals surface area contributed by atoms with Gasteiger partial charge in [0.2, 0.25) is 5.91 Å². The van der Waals surface area contributed by atoms with Crippen LogP contribution in [0.15, 0.2) is 57.0 Å². The summed E-state index contributed by atoms with van der Waals surface area (Å²) in [5, 5.41) is 0.338. The lowest BCUT2D eigenvalue weighted by Gasteiger charge is -2.33. The maximum Gasteiger partial charge on any atom is 0.262 e. The molecule has 1 amide bonds. The molecule has 1 atom stereocenters. The molecule has 4 rings (SSSR count). The summed E-state index contributed by atoms with van der Waals surface area (Å²) in [6.07, 6.45) is 3.21. The Morgan fingerprint density at radius 2 is 2.09 bits per heavy atom. The number of nitrogens with zero attached hydrogens (tertiary/aromatic N) is 2. The van der Waals surface area contributed by atoms with Crippen LogP contribution >= 0.6 is 11.8 Å². The van der Waals surface area contributed by atoms with Crippen LogP contribution in [-0.2, 0) is 14.8 Å². The standard InChI is InChI=1S/C22H25N3O5S2/c1-15-7-5-6-12-25(15)21(26)14-31-22-23-18-13-16(10-11-20(18)30-22)32(27,28)24-17-8-3-4-9-19(17)29-2/h3-4,8-11,13,15,24H,5-7,12,14H2,1-2H3. The summed E-state index contributed by atoms with van der Waals surface area (Å²) in [4.78, 5) is 18.9. The van der Waals surface area contributed by atoms with E-state index in [-0.39, 0.29) is 22.6 Å². The number of carbonyl (C=O) groups is 1. The molecule has 1 N–H and O–H groups in total. The highest BCUT2D eigenvalue weighted by atomic mass is 32.2. The van der Waals surface area contributed by atoms with Crippen LogP contribution in [0.2, 0.25) is 0 Å². The number of hydrogen-bond acceptors (Lipinski definition) is 7. The minimum Gasteiger partial charge on any atom is -0.495 e. The molecular weight excluding hydrogens is 450 g/mol. The van der Waals surface area contributed by atoms with Crippen molar-refractivity contribution < 1.29 is 22.4 Å². The SMILES string of the molecule is COc1ccccc1NS(=O)(=O)c1ccc2oc(SCC(=O)N3CCCCC3C)nc2c1. The van der Waals surface area contributed by atoms with E-state index in [0.717, 1.165) is 25.8 Å². The Morgan fingerprint density at radius 1 is 1.28 bits per heavy atom. The highest BCUT2D eigenvalue weighted by molar-refractivity contribution is 7.99. The number of aromatic nitrogens is 1. The monoisotopic (exact) mass is 475 g/mol. The van der Waals surface area contributed by atoms with Crippen molar-refractivity contribution in [2.24, 2.45) is 0 Å². The van der Waals surface area contributed by atoms with Gasteiger partial charge in [-0.3, -0.25) is 9.52 Å². The zero-order valence-electron chi connectivity index (χ0n) is 17.9. The Balaban J connectivity index is 1.48. The summed E-state index contributed by atoms with van der Waals surface area (Å²) >= 11 is 1.22. The highest BCUT2D eigenvalue weighted by Gasteiger charge is 2.24. The van der Waals surface area contributed by atoms with Crippen LogP contribution < -0.4 is 9.46 Å². The van der Waals surface area contributed by atoms with Gasteiger partial charge in [-0.05, 0) is 56.5 Å². The third-order valence-corrected chi connectivity index (χ3v) is 7.62. The molecule has 1 aliphatic heterocycles. The summed E-state index contributed by atoms with van der Waals surface area (Å²) in [6, 6.07) is 11.5. The second-order valence-corrected chi connectivity index (χ2v) is 10.2. The van der Waals surface area contributed by atoms with Crippen molar-refractivity contribution in [3.63, 3.8) is 0 Å². The average molecular weight is 476 g/mol. The van der Waals surface area contributed by atoms with Crippen molar-refractivity contribution in [2.75, 3.05) is 24.1 Å². The van der Waals surface area contributed by atoms with Gasteiger partial charge < -0.3 is 14.1 Å². The number of hydrogen-bond donors (Lipinski definition) is 1. The van der Waals surface area contributed by atoms with Crippen molar-refractivity contribution in [3.8, 4) is 5.75 Å². The Bertz CT molecular complexity index is 1230.